The maximum atomic E-state index is 11.5. The molecule has 1 N–H and O–H groups in total. The van der Waals surface area contributed by atoms with Crippen LogP contribution in [0.4, 0.5) is 0 Å². The third-order valence-electron chi connectivity index (χ3n) is 3.03. The molecule has 0 aliphatic carbocycles. The molecule has 1 spiro atoms. The fourth-order valence-electron chi connectivity index (χ4n) is 2.24. The first-order valence-electron chi connectivity index (χ1n) is 5.38. The number of morpholine rings is 1. The zero-order valence-corrected chi connectivity index (χ0v) is 8.71. The molecule has 0 aromatic rings. The van der Waals surface area contributed by atoms with Crippen molar-refractivity contribution in [2.24, 2.45) is 0 Å². The summed E-state index contributed by atoms with van der Waals surface area (Å²) < 4.78 is 5.66. The van der Waals surface area contributed by atoms with E-state index in [9.17, 15) is 4.79 Å². The number of amides is 1. The number of nitrogens with zero attached hydrogens (tertiary/aromatic N) is 1. The van der Waals surface area contributed by atoms with Crippen LogP contribution in [0.15, 0.2) is 0 Å². The summed E-state index contributed by atoms with van der Waals surface area (Å²) in [6.07, 6.45) is 2.05. The first kappa shape index (κ1) is 9.93. The maximum absolute atomic E-state index is 11.5. The van der Waals surface area contributed by atoms with Gasteiger partial charge >= 0.3 is 0 Å². The van der Waals surface area contributed by atoms with Crippen molar-refractivity contribution < 1.29 is 9.53 Å². The predicted molar refractivity (Wildman–Crippen MR) is 53.0 cm³/mol. The topological polar surface area (TPSA) is 41.6 Å². The molecule has 2 aliphatic rings. The summed E-state index contributed by atoms with van der Waals surface area (Å²) in [4.78, 5) is 13.4. The number of hydrogen-bond donors (Lipinski definition) is 1. The largest absolute Gasteiger partial charge is 0.362 e. The quantitative estimate of drug-likeness (QED) is 0.678. The Hall–Kier alpha value is -0.610. The highest BCUT2D eigenvalue weighted by Crippen LogP contribution is 2.25. The Balaban J connectivity index is 2.00. The van der Waals surface area contributed by atoms with E-state index in [1.807, 2.05) is 4.90 Å². The van der Waals surface area contributed by atoms with Crippen molar-refractivity contribution >= 4 is 5.91 Å². The van der Waals surface area contributed by atoms with E-state index in [-0.39, 0.29) is 18.1 Å². The van der Waals surface area contributed by atoms with Crippen LogP contribution in [0.2, 0.25) is 0 Å². The molecular weight excluding hydrogens is 180 g/mol. The molecule has 2 heterocycles. The van der Waals surface area contributed by atoms with Gasteiger partial charge in [0.1, 0.15) is 6.61 Å². The molecular formula is C10H18N2O2. The smallest absolute Gasteiger partial charge is 0.248 e. The van der Waals surface area contributed by atoms with Crippen molar-refractivity contribution in [3.63, 3.8) is 0 Å². The SMILES string of the molecule is CCCN1CC2(CCNC2)OCC1=O. The molecule has 2 fully saturated rings. The van der Waals surface area contributed by atoms with E-state index in [2.05, 4.69) is 12.2 Å². The Bertz CT molecular complexity index is 224. The minimum Gasteiger partial charge on any atom is -0.362 e. The molecule has 0 bridgehead atoms. The predicted octanol–water partition coefficient (Wildman–Crippen LogP) is -0.0127. The van der Waals surface area contributed by atoms with Crippen LogP contribution >= 0.6 is 0 Å². The molecule has 0 radical (unpaired) electrons. The highest BCUT2D eigenvalue weighted by atomic mass is 16.5. The van der Waals surface area contributed by atoms with Gasteiger partial charge in [0.25, 0.3) is 0 Å². The fourth-order valence-corrected chi connectivity index (χ4v) is 2.24. The van der Waals surface area contributed by atoms with E-state index in [4.69, 9.17) is 4.74 Å². The van der Waals surface area contributed by atoms with Gasteiger partial charge in [0.05, 0.1) is 12.1 Å². The lowest BCUT2D eigenvalue weighted by atomic mass is 10.0. The molecule has 1 atom stereocenters. The number of hydrogen-bond acceptors (Lipinski definition) is 3. The highest BCUT2D eigenvalue weighted by Gasteiger charge is 2.41. The summed E-state index contributed by atoms with van der Waals surface area (Å²) in [5, 5.41) is 3.30. The van der Waals surface area contributed by atoms with Gasteiger partial charge in [-0.3, -0.25) is 4.79 Å². The first-order chi connectivity index (χ1) is 6.76. The standard InChI is InChI=1S/C10H18N2O2/c1-2-5-12-8-10(3-4-11-7-10)14-6-9(12)13/h11H,2-8H2,1H3. The molecule has 14 heavy (non-hydrogen) atoms. The maximum Gasteiger partial charge on any atom is 0.248 e. The van der Waals surface area contributed by atoms with Crippen LogP contribution in [-0.2, 0) is 9.53 Å². The van der Waals surface area contributed by atoms with Crippen molar-refractivity contribution in [2.75, 3.05) is 32.8 Å². The van der Waals surface area contributed by atoms with Gasteiger partial charge in [0.15, 0.2) is 0 Å². The van der Waals surface area contributed by atoms with Gasteiger partial charge in [0, 0.05) is 13.1 Å². The van der Waals surface area contributed by atoms with E-state index in [0.717, 1.165) is 39.0 Å². The molecule has 1 unspecified atom stereocenters. The zero-order valence-electron chi connectivity index (χ0n) is 8.71. The lowest BCUT2D eigenvalue weighted by Gasteiger charge is -2.39. The van der Waals surface area contributed by atoms with Crippen molar-refractivity contribution in [3.8, 4) is 0 Å². The molecule has 0 saturated carbocycles. The van der Waals surface area contributed by atoms with Crippen LogP contribution < -0.4 is 5.32 Å². The number of ether oxygens (including phenoxy) is 1. The highest BCUT2D eigenvalue weighted by molar-refractivity contribution is 5.78. The molecule has 1 amide bonds. The Kier molecular flexibility index (Phi) is 2.74. The number of rotatable bonds is 2. The molecule has 2 aliphatic heterocycles. The summed E-state index contributed by atoms with van der Waals surface area (Å²) in [6.45, 7) is 5.90. The van der Waals surface area contributed by atoms with E-state index < -0.39 is 0 Å². The first-order valence-corrected chi connectivity index (χ1v) is 5.38. The summed E-state index contributed by atoms with van der Waals surface area (Å²) in [7, 11) is 0. The lowest BCUT2D eigenvalue weighted by Crippen LogP contribution is -2.55. The number of carbonyl (C=O) groups is 1. The third-order valence-corrected chi connectivity index (χ3v) is 3.03. The minimum absolute atomic E-state index is 0.0803. The van der Waals surface area contributed by atoms with Crippen LogP contribution in [0.5, 0.6) is 0 Å². The van der Waals surface area contributed by atoms with Gasteiger partial charge in [0.2, 0.25) is 5.91 Å². The molecule has 2 rings (SSSR count). The summed E-state index contributed by atoms with van der Waals surface area (Å²) >= 11 is 0. The summed E-state index contributed by atoms with van der Waals surface area (Å²) in [5.41, 5.74) is -0.0803. The summed E-state index contributed by atoms with van der Waals surface area (Å²) in [5.74, 6) is 0.143. The van der Waals surface area contributed by atoms with Crippen LogP contribution in [0.3, 0.4) is 0 Å². The van der Waals surface area contributed by atoms with E-state index in [1.54, 1.807) is 0 Å². The van der Waals surface area contributed by atoms with Crippen LogP contribution in [0.25, 0.3) is 0 Å². The van der Waals surface area contributed by atoms with Gasteiger partial charge in [-0.05, 0) is 19.4 Å². The molecule has 4 nitrogen and oxygen atoms in total. The fraction of sp³-hybridized carbons (Fsp3) is 0.900. The monoisotopic (exact) mass is 198 g/mol. The lowest BCUT2D eigenvalue weighted by molar-refractivity contribution is -0.160. The van der Waals surface area contributed by atoms with Crippen molar-refractivity contribution in [1.29, 1.82) is 0 Å². The minimum atomic E-state index is -0.0803. The van der Waals surface area contributed by atoms with E-state index in [0.29, 0.717) is 0 Å². The molecule has 2 saturated heterocycles. The number of carbonyl (C=O) groups excluding carboxylic acids is 1. The second-order valence-electron chi connectivity index (χ2n) is 4.21. The number of nitrogens with one attached hydrogen (secondary N) is 1. The molecule has 80 valence electrons. The van der Waals surface area contributed by atoms with Crippen molar-refractivity contribution in [1.82, 2.24) is 10.2 Å². The van der Waals surface area contributed by atoms with Crippen LogP contribution in [0, 0.1) is 0 Å². The normalized spacial score (nSPS) is 32.9. The molecule has 0 aromatic heterocycles. The second kappa shape index (κ2) is 3.87. The van der Waals surface area contributed by atoms with Gasteiger partial charge in [-0.1, -0.05) is 6.92 Å². The van der Waals surface area contributed by atoms with Gasteiger partial charge < -0.3 is 15.0 Å². The van der Waals surface area contributed by atoms with Crippen LogP contribution in [0.1, 0.15) is 19.8 Å². The molecule has 0 aromatic carbocycles. The van der Waals surface area contributed by atoms with Gasteiger partial charge in [-0.25, -0.2) is 0 Å². The average Bonchev–Trinajstić information content (AvgIpc) is 2.61. The van der Waals surface area contributed by atoms with E-state index >= 15 is 0 Å². The zero-order chi connectivity index (χ0) is 10.0. The summed E-state index contributed by atoms with van der Waals surface area (Å²) in [6, 6.07) is 0. The Morgan fingerprint density at radius 2 is 2.50 bits per heavy atom. The Morgan fingerprint density at radius 3 is 3.14 bits per heavy atom. The van der Waals surface area contributed by atoms with Crippen molar-refractivity contribution in [2.45, 2.75) is 25.4 Å². The average molecular weight is 198 g/mol. The van der Waals surface area contributed by atoms with Crippen LogP contribution in [-0.4, -0.2) is 49.2 Å². The third kappa shape index (κ3) is 1.77. The van der Waals surface area contributed by atoms with Gasteiger partial charge in [-0.2, -0.15) is 0 Å². The Labute approximate surface area is 84.6 Å². The van der Waals surface area contributed by atoms with Crippen molar-refractivity contribution in [3.05, 3.63) is 0 Å². The van der Waals surface area contributed by atoms with E-state index in [1.165, 1.54) is 0 Å². The molecule has 4 heteroatoms. The van der Waals surface area contributed by atoms with Gasteiger partial charge in [-0.15, -0.1) is 0 Å². The Morgan fingerprint density at radius 1 is 1.64 bits per heavy atom. The second-order valence-corrected chi connectivity index (χ2v) is 4.21.